The SMILES string of the molecule is Cc1cccc(CC(CNC(=O)CC(C)C(C)C)C(=O)O)c1. The second-order valence-corrected chi connectivity index (χ2v) is 6.46. The number of hydrogen-bond acceptors (Lipinski definition) is 2. The number of benzene rings is 1. The zero-order chi connectivity index (χ0) is 16.7. The Morgan fingerprint density at radius 2 is 1.91 bits per heavy atom. The fourth-order valence-corrected chi connectivity index (χ4v) is 2.21. The van der Waals surface area contributed by atoms with Crippen molar-refractivity contribution in [1.29, 1.82) is 0 Å². The second-order valence-electron chi connectivity index (χ2n) is 6.46. The normalized spacial score (nSPS) is 13.7. The third-order valence-electron chi connectivity index (χ3n) is 4.10. The number of amides is 1. The van der Waals surface area contributed by atoms with Crippen LogP contribution in [0.3, 0.4) is 0 Å². The van der Waals surface area contributed by atoms with Gasteiger partial charge in [-0.15, -0.1) is 0 Å². The van der Waals surface area contributed by atoms with Crippen LogP contribution in [0.25, 0.3) is 0 Å². The van der Waals surface area contributed by atoms with Crippen molar-refractivity contribution in [3.63, 3.8) is 0 Å². The molecule has 0 aliphatic heterocycles. The summed E-state index contributed by atoms with van der Waals surface area (Å²) in [6.45, 7) is 8.35. The molecule has 1 rings (SSSR count). The molecule has 1 aromatic rings. The van der Waals surface area contributed by atoms with Crippen molar-refractivity contribution >= 4 is 11.9 Å². The lowest BCUT2D eigenvalue weighted by Crippen LogP contribution is -2.35. The number of nitrogens with one attached hydrogen (secondary N) is 1. The first kappa shape index (κ1) is 18.2. The molecule has 0 bridgehead atoms. The summed E-state index contributed by atoms with van der Waals surface area (Å²) < 4.78 is 0. The van der Waals surface area contributed by atoms with Crippen molar-refractivity contribution in [2.45, 2.75) is 40.5 Å². The molecule has 0 saturated carbocycles. The van der Waals surface area contributed by atoms with Crippen LogP contribution in [-0.2, 0) is 16.0 Å². The van der Waals surface area contributed by atoms with Crippen LogP contribution >= 0.6 is 0 Å². The van der Waals surface area contributed by atoms with Crippen molar-refractivity contribution in [3.8, 4) is 0 Å². The Balaban J connectivity index is 2.55. The molecule has 0 fully saturated rings. The highest BCUT2D eigenvalue weighted by atomic mass is 16.4. The van der Waals surface area contributed by atoms with Crippen LogP contribution in [0.4, 0.5) is 0 Å². The van der Waals surface area contributed by atoms with Gasteiger partial charge < -0.3 is 10.4 Å². The molecule has 0 aliphatic carbocycles. The topological polar surface area (TPSA) is 66.4 Å². The smallest absolute Gasteiger partial charge is 0.308 e. The van der Waals surface area contributed by atoms with Crippen LogP contribution in [0.1, 0.15) is 38.3 Å². The van der Waals surface area contributed by atoms with Crippen LogP contribution in [0.5, 0.6) is 0 Å². The summed E-state index contributed by atoms with van der Waals surface area (Å²) in [6, 6.07) is 7.81. The standard InChI is InChI=1S/C18H27NO3/c1-12(2)14(4)9-17(20)19-11-16(18(21)22)10-15-7-5-6-13(3)8-15/h5-8,12,14,16H,9-11H2,1-4H3,(H,19,20)(H,21,22). The largest absolute Gasteiger partial charge is 0.481 e. The Kier molecular flexibility index (Phi) is 7.09. The van der Waals surface area contributed by atoms with Crippen molar-refractivity contribution < 1.29 is 14.7 Å². The second kappa shape index (κ2) is 8.57. The minimum Gasteiger partial charge on any atom is -0.481 e. The lowest BCUT2D eigenvalue weighted by Gasteiger charge is -2.17. The molecule has 0 radical (unpaired) electrons. The first-order chi connectivity index (χ1) is 10.3. The Labute approximate surface area is 132 Å². The number of carboxylic acids is 1. The van der Waals surface area contributed by atoms with E-state index in [1.54, 1.807) is 0 Å². The van der Waals surface area contributed by atoms with E-state index in [2.05, 4.69) is 19.2 Å². The van der Waals surface area contributed by atoms with Crippen LogP contribution in [0.2, 0.25) is 0 Å². The molecule has 22 heavy (non-hydrogen) atoms. The fourth-order valence-electron chi connectivity index (χ4n) is 2.21. The molecule has 2 unspecified atom stereocenters. The highest BCUT2D eigenvalue weighted by Crippen LogP contribution is 2.14. The Hall–Kier alpha value is -1.84. The predicted molar refractivity (Wildman–Crippen MR) is 87.6 cm³/mol. The lowest BCUT2D eigenvalue weighted by atomic mass is 9.94. The van der Waals surface area contributed by atoms with E-state index in [4.69, 9.17) is 0 Å². The van der Waals surface area contributed by atoms with Gasteiger partial charge in [0.25, 0.3) is 0 Å². The average Bonchev–Trinajstić information content (AvgIpc) is 2.42. The fraction of sp³-hybridized carbons (Fsp3) is 0.556. The zero-order valence-electron chi connectivity index (χ0n) is 13.9. The molecule has 1 aromatic carbocycles. The van der Waals surface area contributed by atoms with Crippen LogP contribution in [0.15, 0.2) is 24.3 Å². The molecule has 122 valence electrons. The molecule has 2 atom stereocenters. The summed E-state index contributed by atoms with van der Waals surface area (Å²) in [5, 5.41) is 12.1. The minimum absolute atomic E-state index is 0.0725. The number of carboxylic acid groups (broad SMARTS) is 1. The predicted octanol–water partition coefficient (Wildman–Crippen LogP) is 3.04. The van der Waals surface area contributed by atoms with E-state index in [1.165, 1.54) is 0 Å². The molecule has 0 aliphatic rings. The van der Waals surface area contributed by atoms with Crippen LogP contribution < -0.4 is 5.32 Å². The molecule has 0 spiro atoms. The summed E-state index contributed by atoms with van der Waals surface area (Å²) in [7, 11) is 0. The Morgan fingerprint density at radius 1 is 1.23 bits per heavy atom. The zero-order valence-corrected chi connectivity index (χ0v) is 13.9. The first-order valence-corrected chi connectivity index (χ1v) is 7.84. The molecule has 4 heteroatoms. The van der Waals surface area contributed by atoms with Crippen molar-refractivity contribution in [2.24, 2.45) is 17.8 Å². The van der Waals surface area contributed by atoms with E-state index in [0.717, 1.165) is 11.1 Å². The number of carbonyl (C=O) groups excluding carboxylic acids is 1. The molecular weight excluding hydrogens is 278 g/mol. The van der Waals surface area contributed by atoms with Crippen LogP contribution in [-0.4, -0.2) is 23.5 Å². The average molecular weight is 305 g/mol. The molecule has 1 amide bonds. The molecule has 0 aromatic heterocycles. The van der Waals surface area contributed by atoms with Gasteiger partial charge in [-0.3, -0.25) is 9.59 Å². The van der Waals surface area contributed by atoms with Gasteiger partial charge in [0.2, 0.25) is 5.91 Å². The third kappa shape index (κ3) is 6.29. The highest BCUT2D eigenvalue weighted by molar-refractivity contribution is 5.77. The van der Waals surface area contributed by atoms with Crippen molar-refractivity contribution in [3.05, 3.63) is 35.4 Å². The number of hydrogen-bond donors (Lipinski definition) is 2. The number of rotatable bonds is 8. The van der Waals surface area contributed by atoms with E-state index in [0.29, 0.717) is 24.7 Å². The quantitative estimate of drug-likeness (QED) is 0.776. The van der Waals surface area contributed by atoms with Gasteiger partial charge in [-0.2, -0.15) is 0 Å². The number of aliphatic carboxylic acids is 1. The summed E-state index contributed by atoms with van der Waals surface area (Å²) >= 11 is 0. The summed E-state index contributed by atoms with van der Waals surface area (Å²) in [6.07, 6.45) is 0.867. The monoisotopic (exact) mass is 305 g/mol. The van der Waals surface area contributed by atoms with E-state index in [1.807, 2.05) is 38.1 Å². The van der Waals surface area contributed by atoms with E-state index >= 15 is 0 Å². The van der Waals surface area contributed by atoms with Gasteiger partial charge >= 0.3 is 5.97 Å². The Morgan fingerprint density at radius 3 is 2.45 bits per heavy atom. The maximum Gasteiger partial charge on any atom is 0.308 e. The molecule has 4 nitrogen and oxygen atoms in total. The Bertz CT molecular complexity index is 511. The van der Waals surface area contributed by atoms with Gasteiger partial charge in [-0.05, 0) is 30.7 Å². The van der Waals surface area contributed by atoms with E-state index in [-0.39, 0.29) is 12.5 Å². The summed E-state index contributed by atoms with van der Waals surface area (Å²) in [5.74, 6) is -0.816. The first-order valence-electron chi connectivity index (χ1n) is 7.84. The van der Waals surface area contributed by atoms with Gasteiger partial charge in [-0.25, -0.2) is 0 Å². The molecular formula is C18H27NO3. The van der Waals surface area contributed by atoms with Gasteiger partial charge in [0, 0.05) is 13.0 Å². The molecule has 0 heterocycles. The van der Waals surface area contributed by atoms with Gasteiger partial charge in [0.15, 0.2) is 0 Å². The maximum absolute atomic E-state index is 11.9. The van der Waals surface area contributed by atoms with Gasteiger partial charge in [0.05, 0.1) is 5.92 Å². The summed E-state index contributed by atoms with van der Waals surface area (Å²) in [5.41, 5.74) is 2.09. The highest BCUT2D eigenvalue weighted by Gasteiger charge is 2.20. The van der Waals surface area contributed by atoms with Crippen molar-refractivity contribution in [2.75, 3.05) is 6.54 Å². The third-order valence-corrected chi connectivity index (χ3v) is 4.10. The summed E-state index contributed by atoms with van der Waals surface area (Å²) in [4.78, 5) is 23.3. The number of carbonyl (C=O) groups is 2. The van der Waals surface area contributed by atoms with E-state index in [9.17, 15) is 14.7 Å². The minimum atomic E-state index is -0.876. The van der Waals surface area contributed by atoms with Gasteiger partial charge in [-0.1, -0.05) is 50.6 Å². The molecule has 2 N–H and O–H groups in total. The van der Waals surface area contributed by atoms with Gasteiger partial charge in [0.1, 0.15) is 0 Å². The molecule has 0 saturated heterocycles. The van der Waals surface area contributed by atoms with Crippen molar-refractivity contribution in [1.82, 2.24) is 5.32 Å². The van der Waals surface area contributed by atoms with Crippen LogP contribution in [0, 0.1) is 24.7 Å². The maximum atomic E-state index is 11.9. The van der Waals surface area contributed by atoms with E-state index < -0.39 is 11.9 Å². The number of aryl methyl sites for hydroxylation is 1. The lowest BCUT2D eigenvalue weighted by molar-refractivity contribution is -0.141.